The molecule has 2 aliphatic rings. The number of aliphatic hydroxyl groups excluding tert-OH is 1. The number of ether oxygens (including phenoxy) is 1. The van der Waals surface area contributed by atoms with Crippen LogP contribution in [0.15, 0.2) is 60.3 Å². The summed E-state index contributed by atoms with van der Waals surface area (Å²) in [6.07, 6.45) is 5.63. The topological polar surface area (TPSA) is 82.6 Å². The maximum Gasteiger partial charge on any atom is 0.295 e. The van der Waals surface area contributed by atoms with Gasteiger partial charge in [0, 0.05) is 28.7 Å². The van der Waals surface area contributed by atoms with Crippen molar-refractivity contribution in [2.45, 2.75) is 37.8 Å². The van der Waals surface area contributed by atoms with Gasteiger partial charge < -0.3 is 19.7 Å². The van der Waals surface area contributed by atoms with Gasteiger partial charge in [0.1, 0.15) is 11.5 Å². The lowest BCUT2D eigenvalue weighted by atomic mass is 9.94. The molecule has 1 amide bonds. The highest BCUT2D eigenvalue weighted by atomic mass is 16.5. The number of ketones is 1. The van der Waals surface area contributed by atoms with Crippen molar-refractivity contribution < 1.29 is 19.4 Å². The summed E-state index contributed by atoms with van der Waals surface area (Å²) in [5.41, 5.74) is 2.26. The van der Waals surface area contributed by atoms with Gasteiger partial charge in [0.2, 0.25) is 0 Å². The molecular formula is C25H24N2O4. The minimum Gasteiger partial charge on any atom is -0.507 e. The number of aromatic nitrogens is 1. The first-order valence-electron chi connectivity index (χ1n) is 10.6. The van der Waals surface area contributed by atoms with Crippen LogP contribution in [-0.2, 0) is 9.59 Å². The fourth-order valence-corrected chi connectivity index (χ4v) is 5.02. The molecule has 1 aliphatic carbocycles. The second kappa shape index (κ2) is 7.61. The quantitative estimate of drug-likeness (QED) is 0.372. The van der Waals surface area contributed by atoms with Crippen LogP contribution in [-0.4, -0.2) is 39.8 Å². The van der Waals surface area contributed by atoms with Crippen molar-refractivity contribution in [3.05, 3.63) is 71.4 Å². The Kier molecular flexibility index (Phi) is 4.77. The standard InChI is InChI=1S/C25H24N2O4/c1-31-20-13-7-5-11-17(20)23(28)21-22(18-14-26-19-12-6-4-10-16(18)19)27(25(30)24(21)29)15-8-2-3-9-15/h4-7,10-15,22,26,28H,2-3,8-9H2,1H3/b23-21+. The summed E-state index contributed by atoms with van der Waals surface area (Å²) in [4.78, 5) is 31.4. The van der Waals surface area contributed by atoms with Crippen molar-refractivity contribution in [2.24, 2.45) is 0 Å². The second-order valence-corrected chi connectivity index (χ2v) is 8.13. The Morgan fingerprint density at radius 3 is 2.55 bits per heavy atom. The number of rotatable bonds is 4. The number of amides is 1. The van der Waals surface area contributed by atoms with Gasteiger partial charge >= 0.3 is 0 Å². The maximum atomic E-state index is 13.3. The van der Waals surface area contributed by atoms with Crippen molar-refractivity contribution in [2.75, 3.05) is 7.11 Å². The van der Waals surface area contributed by atoms with Gasteiger partial charge in [0.05, 0.1) is 24.3 Å². The number of benzene rings is 2. The summed E-state index contributed by atoms with van der Waals surface area (Å²) < 4.78 is 5.40. The van der Waals surface area contributed by atoms with Crippen LogP contribution in [0.5, 0.6) is 5.75 Å². The molecule has 2 heterocycles. The average molecular weight is 416 g/mol. The summed E-state index contributed by atoms with van der Waals surface area (Å²) in [7, 11) is 1.51. The number of H-pyrrole nitrogens is 1. The number of aliphatic hydroxyl groups is 1. The van der Waals surface area contributed by atoms with Gasteiger partial charge in [-0.15, -0.1) is 0 Å². The van der Waals surface area contributed by atoms with Crippen LogP contribution in [0.3, 0.4) is 0 Å². The fourth-order valence-electron chi connectivity index (χ4n) is 5.02. The number of nitrogens with one attached hydrogen (secondary N) is 1. The van der Waals surface area contributed by atoms with Gasteiger partial charge in [-0.3, -0.25) is 9.59 Å². The molecule has 6 nitrogen and oxygen atoms in total. The Hall–Kier alpha value is -3.54. The molecule has 2 N–H and O–H groups in total. The van der Waals surface area contributed by atoms with Gasteiger partial charge in [-0.2, -0.15) is 0 Å². The molecule has 2 fully saturated rings. The smallest absolute Gasteiger partial charge is 0.295 e. The molecule has 0 spiro atoms. The molecule has 5 rings (SSSR count). The van der Waals surface area contributed by atoms with Crippen LogP contribution in [0.4, 0.5) is 0 Å². The second-order valence-electron chi connectivity index (χ2n) is 8.13. The van der Waals surface area contributed by atoms with Crippen LogP contribution in [0.25, 0.3) is 16.7 Å². The number of aromatic amines is 1. The molecule has 31 heavy (non-hydrogen) atoms. The Labute approximate surface area is 180 Å². The summed E-state index contributed by atoms with van der Waals surface area (Å²) in [6.45, 7) is 0. The van der Waals surface area contributed by atoms with Gasteiger partial charge in [-0.1, -0.05) is 43.2 Å². The van der Waals surface area contributed by atoms with Crippen molar-refractivity contribution in [1.29, 1.82) is 0 Å². The zero-order valence-corrected chi connectivity index (χ0v) is 17.3. The Morgan fingerprint density at radius 1 is 1.06 bits per heavy atom. The summed E-state index contributed by atoms with van der Waals surface area (Å²) in [6, 6.07) is 14.1. The number of methoxy groups -OCH3 is 1. The first kappa shape index (κ1) is 19.4. The number of hydrogen-bond donors (Lipinski definition) is 2. The predicted octanol–water partition coefficient (Wildman–Crippen LogP) is 4.54. The monoisotopic (exact) mass is 416 g/mol. The van der Waals surface area contributed by atoms with Gasteiger partial charge in [0.15, 0.2) is 0 Å². The molecule has 1 unspecified atom stereocenters. The van der Waals surface area contributed by atoms with Crippen molar-refractivity contribution in [3.63, 3.8) is 0 Å². The lowest BCUT2D eigenvalue weighted by molar-refractivity contribution is -0.141. The number of para-hydroxylation sites is 2. The number of likely N-dealkylation sites (tertiary alicyclic amines) is 1. The highest BCUT2D eigenvalue weighted by molar-refractivity contribution is 6.46. The number of nitrogens with zero attached hydrogens (tertiary/aromatic N) is 1. The Balaban J connectivity index is 1.75. The van der Waals surface area contributed by atoms with Crippen molar-refractivity contribution >= 4 is 28.4 Å². The normalized spacial score (nSPS) is 21.3. The van der Waals surface area contributed by atoms with Crippen LogP contribution >= 0.6 is 0 Å². The lowest BCUT2D eigenvalue weighted by Crippen LogP contribution is -2.37. The SMILES string of the molecule is COc1ccccc1/C(O)=C1\C(=O)C(=O)N(C2CCCC2)C1c1c[nH]c2ccccc12. The molecule has 0 bridgehead atoms. The molecule has 1 aliphatic heterocycles. The number of Topliss-reactive ketones (excluding diaryl/α,β-unsaturated/α-hetero) is 1. The van der Waals surface area contributed by atoms with E-state index in [9.17, 15) is 14.7 Å². The molecule has 1 saturated carbocycles. The minimum atomic E-state index is -0.649. The fraction of sp³-hybridized carbons (Fsp3) is 0.280. The average Bonchev–Trinajstić information content (AvgIpc) is 3.52. The Bertz CT molecular complexity index is 1200. The largest absolute Gasteiger partial charge is 0.507 e. The highest BCUT2D eigenvalue weighted by Crippen LogP contribution is 2.45. The van der Waals surface area contributed by atoms with E-state index in [4.69, 9.17) is 4.74 Å². The molecule has 6 heteroatoms. The van der Waals surface area contributed by atoms with Crippen LogP contribution in [0, 0.1) is 0 Å². The summed E-state index contributed by atoms with van der Waals surface area (Å²) in [5.74, 6) is -0.944. The molecule has 3 aromatic rings. The predicted molar refractivity (Wildman–Crippen MR) is 118 cm³/mol. The van der Waals surface area contributed by atoms with Crippen LogP contribution in [0.2, 0.25) is 0 Å². The third-order valence-corrected chi connectivity index (χ3v) is 6.48. The zero-order chi connectivity index (χ0) is 21.5. The van der Waals surface area contributed by atoms with E-state index in [1.54, 1.807) is 29.2 Å². The minimum absolute atomic E-state index is 0.0157. The Morgan fingerprint density at radius 2 is 1.77 bits per heavy atom. The summed E-state index contributed by atoms with van der Waals surface area (Å²) >= 11 is 0. The molecule has 2 aromatic carbocycles. The van der Waals surface area contributed by atoms with Crippen molar-refractivity contribution in [1.82, 2.24) is 9.88 Å². The lowest BCUT2D eigenvalue weighted by Gasteiger charge is -2.30. The number of fused-ring (bicyclic) bond motifs is 1. The molecule has 1 saturated heterocycles. The molecular weight excluding hydrogens is 392 g/mol. The molecule has 0 radical (unpaired) electrons. The first-order valence-corrected chi connectivity index (χ1v) is 10.6. The van der Waals surface area contributed by atoms with E-state index in [1.807, 2.05) is 30.5 Å². The maximum absolute atomic E-state index is 13.3. The van der Waals surface area contributed by atoms with E-state index in [0.717, 1.165) is 42.1 Å². The van der Waals surface area contributed by atoms with E-state index >= 15 is 0 Å². The van der Waals surface area contributed by atoms with E-state index in [-0.39, 0.29) is 17.4 Å². The number of carbonyl (C=O) groups excluding carboxylic acids is 2. The third-order valence-electron chi connectivity index (χ3n) is 6.48. The van der Waals surface area contributed by atoms with Gasteiger partial charge in [-0.25, -0.2) is 0 Å². The van der Waals surface area contributed by atoms with E-state index < -0.39 is 17.7 Å². The van der Waals surface area contributed by atoms with E-state index in [1.165, 1.54) is 7.11 Å². The first-order chi connectivity index (χ1) is 15.1. The highest BCUT2D eigenvalue weighted by Gasteiger charge is 2.50. The summed E-state index contributed by atoms with van der Waals surface area (Å²) in [5, 5.41) is 12.2. The third kappa shape index (κ3) is 3.02. The molecule has 1 aromatic heterocycles. The number of hydrogen-bond acceptors (Lipinski definition) is 4. The van der Waals surface area contributed by atoms with Crippen LogP contribution < -0.4 is 4.74 Å². The molecule has 1 atom stereocenters. The molecule has 158 valence electrons. The van der Waals surface area contributed by atoms with Gasteiger partial charge in [0.25, 0.3) is 11.7 Å². The van der Waals surface area contributed by atoms with E-state index in [0.29, 0.717) is 11.3 Å². The zero-order valence-electron chi connectivity index (χ0n) is 17.3. The van der Waals surface area contributed by atoms with Gasteiger partial charge in [-0.05, 0) is 31.0 Å². The number of carbonyl (C=O) groups is 2. The van der Waals surface area contributed by atoms with E-state index in [2.05, 4.69) is 4.98 Å². The van der Waals surface area contributed by atoms with Crippen LogP contribution in [0.1, 0.15) is 42.9 Å². The van der Waals surface area contributed by atoms with Crippen molar-refractivity contribution in [3.8, 4) is 5.75 Å².